The van der Waals surface area contributed by atoms with Crippen molar-refractivity contribution in [2.75, 3.05) is 0 Å². The number of nitrogens with zero attached hydrogens (tertiary/aromatic N) is 4. The third-order valence-electron chi connectivity index (χ3n) is 8.23. The standard InChI is InChI=1S/C35H35N7/c1-2-7-27(8-3-1)35-29(22-38-41-35)21-36-20-25-12-14-26(15-13-25)23-42(24-34-39-32-10-4-5-11-33(32)40-34)30-16-17-31-28(19-30)9-6-18-37-31/h1-15,18-19,22,30-31,36H,16-17,20-21,23-24H2,(H,38,41)(H,39,40). The Kier molecular flexibility index (Phi) is 7.59. The van der Waals surface area contributed by atoms with Crippen molar-refractivity contribution in [1.82, 2.24) is 30.4 Å². The zero-order chi connectivity index (χ0) is 28.1. The quantitative estimate of drug-likeness (QED) is 0.188. The zero-order valence-corrected chi connectivity index (χ0v) is 23.6. The number of aromatic nitrogens is 4. The largest absolute Gasteiger partial charge is 0.341 e. The van der Waals surface area contributed by atoms with E-state index in [4.69, 9.17) is 4.98 Å². The number of benzene rings is 3. The highest BCUT2D eigenvalue weighted by atomic mass is 15.2. The Morgan fingerprint density at radius 2 is 1.69 bits per heavy atom. The van der Waals surface area contributed by atoms with E-state index in [9.17, 15) is 0 Å². The van der Waals surface area contributed by atoms with Crippen LogP contribution in [0.2, 0.25) is 0 Å². The van der Waals surface area contributed by atoms with Gasteiger partial charge < -0.3 is 10.3 Å². The average Bonchev–Trinajstić information content (AvgIpc) is 3.68. The number of nitrogens with one attached hydrogen (secondary N) is 3. The van der Waals surface area contributed by atoms with Crippen molar-refractivity contribution >= 4 is 17.2 Å². The first-order valence-electron chi connectivity index (χ1n) is 14.7. The van der Waals surface area contributed by atoms with Gasteiger partial charge in [0.25, 0.3) is 0 Å². The van der Waals surface area contributed by atoms with Crippen molar-refractivity contribution in [2.24, 2.45) is 4.99 Å². The summed E-state index contributed by atoms with van der Waals surface area (Å²) in [5.74, 6) is 1.00. The highest BCUT2D eigenvalue weighted by molar-refractivity contribution is 5.75. The molecule has 0 spiro atoms. The first-order chi connectivity index (χ1) is 20.8. The number of H-pyrrole nitrogens is 2. The predicted molar refractivity (Wildman–Crippen MR) is 169 cm³/mol. The van der Waals surface area contributed by atoms with Crippen LogP contribution < -0.4 is 5.32 Å². The Bertz CT molecular complexity index is 1690. The smallest absolute Gasteiger partial charge is 0.121 e. The number of rotatable bonds is 10. The molecule has 1 aliphatic heterocycles. The molecule has 0 amide bonds. The van der Waals surface area contributed by atoms with Gasteiger partial charge in [0.2, 0.25) is 0 Å². The van der Waals surface area contributed by atoms with E-state index in [0.717, 1.165) is 67.1 Å². The molecule has 7 heteroatoms. The van der Waals surface area contributed by atoms with Crippen LogP contribution in [0.25, 0.3) is 22.3 Å². The monoisotopic (exact) mass is 553 g/mol. The van der Waals surface area contributed by atoms with Gasteiger partial charge in [0.05, 0.1) is 29.3 Å². The Morgan fingerprint density at radius 3 is 2.57 bits per heavy atom. The first-order valence-corrected chi connectivity index (χ1v) is 14.7. The van der Waals surface area contributed by atoms with Crippen molar-refractivity contribution in [3.63, 3.8) is 0 Å². The maximum atomic E-state index is 4.89. The van der Waals surface area contributed by atoms with E-state index in [1.54, 1.807) is 0 Å². The van der Waals surface area contributed by atoms with Gasteiger partial charge in [-0.2, -0.15) is 5.10 Å². The molecule has 2 aliphatic rings. The van der Waals surface area contributed by atoms with Gasteiger partial charge in [-0.1, -0.05) is 78.9 Å². The van der Waals surface area contributed by atoms with Crippen molar-refractivity contribution in [3.05, 3.63) is 131 Å². The highest BCUT2D eigenvalue weighted by Gasteiger charge is 2.27. The lowest BCUT2D eigenvalue weighted by Crippen LogP contribution is -2.37. The lowest BCUT2D eigenvalue weighted by molar-refractivity contribution is 0.188. The number of dihydropyridines is 1. The second-order valence-corrected chi connectivity index (χ2v) is 11.1. The summed E-state index contributed by atoms with van der Waals surface area (Å²) in [7, 11) is 0. The molecule has 0 fully saturated rings. The predicted octanol–water partition coefficient (Wildman–Crippen LogP) is 6.34. The van der Waals surface area contributed by atoms with Crippen LogP contribution in [-0.4, -0.2) is 43.4 Å². The van der Waals surface area contributed by atoms with Gasteiger partial charge in [-0.15, -0.1) is 0 Å². The summed E-state index contributed by atoms with van der Waals surface area (Å²) >= 11 is 0. The topological polar surface area (TPSA) is 85.0 Å². The normalized spacial score (nSPS) is 18.0. The summed E-state index contributed by atoms with van der Waals surface area (Å²) in [6, 6.07) is 28.2. The van der Waals surface area contributed by atoms with Gasteiger partial charge >= 0.3 is 0 Å². The van der Waals surface area contributed by atoms with E-state index in [-0.39, 0.29) is 0 Å². The molecule has 0 radical (unpaired) electrons. The molecule has 3 aromatic carbocycles. The van der Waals surface area contributed by atoms with Crippen molar-refractivity contribution in [2.45, 2.75) is 51.1 Å². The molecule has 2 atom stereocenters. The maximum absolute atomic E-state index is 4.89. The Labute approximate surface area is 246 Å². The van der Waals surface area contributed by atoms with Crippen molar-refractivity contribution < 1.29 is 0 Å². The van der Waals surface area contributed by atoms with Crippen LogP contribution in [0.4, 0.5) is 0 Å². The van der Waals surface area contributed by atoms with Gasteiger partial charge in [0.1, 0.15) is 5.82 Å². The van der Waals surface area contributed by atoms with E-state index < -0.39 is 0 Å². The number of hydrogen-bond donors (Lipinski definition) is 3. The number of allylic oxidation sites excluding steroid dienone is 1. The number of fused-ring (bicyclic) bond motifs is 2. The number of hydrogen-bond acceptors (Lipinski definition) is 5. The number of aromatic amines is 2. The second-order valence-electron chi connectivity index (χ2n) is 11.1. The molecule has 3 heterocycles. The molecule has 42 heavy (non-hydrogen) atoms. The van der Waals surface area contributed by atoms with Crippen molar-refractivity contribution in [3.8, 4) is 11.3 Å². The fourth-order valence-electron chi connectivity index (χ4n) is 6.03. The third kappa shape index (κ3) is 5.88. The van der Waals surface area contributed by atoms with E-state index in [1.165, 1.54) is 22.3 Å². The SMILES string of the molecule is C1=CC2=CC(N(Cc3ccc(CNCc4c[nH]nc4-c4ccccc4)cc3)Cc3nc4ccccc4[nH]3)CCC2N=C1. The molecule has 0 saturated carbocycles. The number of aliphatic imine (C=N–C) groups is 1. The van der Waals surface area contributed by atoms with E-state index in [0.29, 0.717) is 12.1 Å². The summed E-state index contributed by atoms with van der Waals surface area (Å²) in [5.41, 5.74) is 9.30. The maximum Gasteiger partial charge on any atom is 0.121 e. The van der Waals surface area contributed by atoms with Crippen molar-refractivity contribution in [1.29, 1.82) is 0 Å². The highest BCUT2D eigenvalue weighted by Crippen LogP contribution is 2.29. The van der Waals surface area contributed by atoms with E-state index >= 15 is 0 Å². The van der Waals surface area contributed by atoms with Gasteiger partial charge in [0.15, 0.2) is 0 Å². The summed E-state index contributed by atoms with van der Waals surface area (Å²) in [6.07, 6.45) is 12.8. The molecule has 7 rings (SSSR count). The van der Waals surface area contributed by atoms with Gasteiger partial charge in [0, 0.05) is 49.2 Å². The summed E-state index contributed by atoms with van der Waals surface area (Å²) < 4.78 is 0. The Morgan fingerprint density at radius 1 is 0.857 bits per heavy atom. The summed E-state index contributed by atoms with van der Waals surface area (Å²) in [5, 5.41) is 11.1. The van der Waals surface area contributed by atoms with E-state index in [1.807, 2.05) is 36.7 Å². The Balaban J connectivity index is 1.03. The first kappa shape index (κ1) is 26.3. The van der Waals surface area contributed by atoms with Crippen LogP contribution in [0.15, 0.2) is 114 Å². The molecule has 0 saturated heterocycles. The van der Waals surface area contributed by atoms with Crippen LogP contribution in [0, 0.1) is 0 Å². The zero-order valence-electron chi connectivity index (χ0n) is 23.6. The molecule has 210 valence electrons. The number of imidazole rings is 1. The van der Waals surface area contributed by atoms with Gasteiger partial charge in [-0.3, -0.25) is 15.0 Å². The second kappa shape index (κ2) is 12.1. The van der Waals surface area contributed by atoms with Crippen LogP contribution >= 0.6 is 0 Å². The molecule has 7 nitrogen and oxygen atoms in total. The van der Waals surface area contributed by atoms with Gasteiger partial charge in [-0.05, 0) is 47.8 Å². The van der Waals surface area contributed by atoms with Gasteiger partial charge in [-0.25, -0.2) is 4.98 Å². The molecule has 1 aliphatic carbocycles. The van der Waals surface area contributed by atoms with Crippen LogP contribution in [0.5, 0.6) is 0 Å². The number of para-hydroxylation sites is 2. The molecular weight excluding hydrogens is 518 g/mol. The fourth-order valence-corrected chi connectivity index (χ4v) is 6.03. The van der Waals surface area contributed by atoms with Crippen LogP contribution in [0.3, 0.4) is 0 Å². The average molecular weight is 554 g/mol. The van der Waals surface area contributed by atoms with Crippen LogP contribution in [0.1, 0.15) is 35.4 Å². The molecule has 0 bridgehead atoms. The lowest BCUT2D eigenvalue weighted by atomic mass is 9.89. The minimum Gasteiger partial charge on any atom is -0.341 e. The molecule has 2 unspecified atom stereocenters. The van der Waals surface area contributed by atoms with Crippen LogP contribution in [-0.2, 0) is 26.2 Å². The lowest BCUT2D eigenvalue weighted by Gasteiger charge is -2.34. The molecule has 2 aromatic heterocycles. The molecular formula is C35H35N7. The van der Waals surface area contributed by atoms with E-state index in [2.05, 4.69) is 103 Å². The molecule has 3 N–H and O–H groups in total. The summed E-state index contributed by atoms with van der Waals surface area (Å²) in [4.78, 5) is 15.7. The minimum atomic E-state index is 0.303. The molecule has 5 aromatic rings. The Hall–Kier alpha value is -4.59. The minimum absolute atomic E-state index is 0.303. The summed E-state index contributed by atoms with van der Waals surface area (Å²) in [6.45, 7) is 3.17. The fraction of sp³-hybridized carbons (Fsp3) is 0.229. The third-order valence-corrected chi connectivity index (χ3v) is 8.23.